The molecule has 1 unspecified atom stereocenters. The van der Waals surface area contributed by atoms with Gasteiger partial charge in [-0.05, 0) is 62.2 Å². The lowest BCUT2D eigenvalue weighted by Crippen LogP contribution is -2.26. The fraction of sp³-hybridized carbons (Fsp3) is 0.263. The Balaban J connectivity index is 1.71. The van der Waals surface area contributed by atoms with Gasteiger partial charge in [0.25, 0.3) is 0 Å². The van der Waals surface area contributed by atoms with Crippen LogP contribution in [0, 0.1) is 0 Å². The normalized spacial score (nSPS) is 15.2. The smallest absolute Gasteiger partial charge is 0.338 e. The van der Waals surface area contributed by atoms with Crippen molar-refractivity contribution in [2.24, 2.45) is 0 Å². The maximum Gasteiger partial charge on any atom is 0.338 e. The monoisotopic (exact) mass is 407 g/mol. The van der Waals surface area contributed by atoms with E-state index in [-0.39, 0.29) is 22.3 Å². The van der Waals surface area contributed by atoms with Crippen LogP contribution in [0.25, 0.3) is 0 Å². The highest BCUT2D eigenvalue weighted by Crippen LogP contribution is 2.23. The molecular formula is C19H18ClNO5S. The van der Waals surface area contributed by atoms with E-state index in [2.05, 4.69) is 4.72 Å². The summed E-state index contributed by atoms with van der Waals surface area (Å²) >= 11 is 5.80. The van der Waals surface area contributed by atoms with Gasteiger partial charge in [0.15, 0.2) is 6.10 Å². The first-order valence-electron chi connectivity index (χ1n) is 8.39. The average molecular weight is 408 g/mol. The van der Waals surface area contributed by atoms with E-state index in [9.17, 15) is 18.0 Å². The molecule has 0 heterocycles. The Morgan fingerprint density at radius 3 is 2.41 bits per heavy atom. The third-order valence-corrected chi connectivity index (χ3v) is 5.83. The Morgan fingerprint density at radius 2 is 1.78 bits per heavy atom. The number of Topliss-reactive ketones (excluding diaryl/α,β-unsaturated/α-hetero) is 1. The molecule has 1 N–H and O–H groups in total. The highest BCUT2D eigenvalue weighted by atomic mass is 35.5. The van der Waals surface area contributed by atoms with Gasteiger partial charge in [-0.2, -0.15) is 0 Å². The van der Waals surface area contributed by atoms with Crippen molar-refractivity contribution in [2.75, 3.05) is 0 Å². The van der Waals surface area contributed by atoms with Crippen LogP contribution in [0.2, 0.25) is 5.02 Å². The maximum absolute atomic E-state index is 12.4. The van der Waals surface area contributed by atoms with Gasteiger partial charge >= 0.3 is 5.97 Å². The number of sulfonamides is 1. The second kappa shape index (κ2) is 7.80. The van der Waals surface area contributed by atoms with Crippen molar-refractivity contribution in [2.45, 2.75) is 36.8 Å². The Labute approximate surface area is 162 Å². The van der Waals surface area contributed by atoms with Crippen molar-refractivity contribution < 1.29 is 22.7 Å². The largest absolute Gasteiger partial charge is 0.451 e. The van der Waals surface area contributed by atoms with Crippen molar-refractivity contribution in [3.63, 3.8) is 0 Å². The molecule has 1 aliphatic rings. The van der Waals surface area contributed by atoms with Gasteiger partial charge in [-0.15, -0.1) is 0 Å². The predicted octanol–water partition coefficient (Wildman–Crippen LogP) is 3.21. The van der Waals surface area contributed by atoms with Crippen molar-refractivity contribution in [1.29, 1.82) is 0 Å². The molecule has 142 valence electrons. The molecule has 0 spiro atoms. The number of benzene rings is 2. The van der Waals surface area contributed by atoms with Crippen molar-refractivity contribution in [1.82, 2.24) is 4.72 Å². The van der Waals surface area contributed by atoms with Crippen molar-refractivity contribution in [3.05, 3.63) is 64.7 Å². The zero-order chi connectivity index (χ0) is 19.6. The predicted molar refractivity (Wildman–Crippen MR) is 100 cm³/mol. The van der Waals surface area contributed by atoms with Gasteiger partial charge in [0.1, 0.15) is 0 Å². The Kier molecular flexibility index (Phi) is 5.64. The second-order valence-electron chi connectivity index (χ2n) is 6.34. The van der Waals surface area contributed by atoms with Crippen molar-refractivity contribution >= 4 is 33.4 Å². The number of carbonyl (C=O) groups excluding carboxylic acids is 2. The maximum atomic E-state index is 12.4. The van der Waals surface area contributed by atoms with Crippen LogP contribution < -0.4 is 4.72 Å². The summed E-state index contributed by atoms with van der Waals surface area (Å²) < 4.78 is 32.3. The zero-order valence-electron chi connectivity index (χ0n) is 14.5. The van der Waals surface area contributed by atoms with E-state index in [1.165, 1.54) is 31.2 Å². The minimum absolute atomic E-state index is 0.0134. The lowest BCUT2D eigenvalue weighted by atomic mass is 10.1. The fourth-order valence-electron chi connectivity index (χ4n) is 2.41. The van der Waals surface area contributed by atoms with E-state index >= 15 is 0 Å². The summed E-state index contributed by atoms with van der Waals surface area (Å²) in [5, 5.41) is 0.494. The molecule has 27 heavy (non-hydrogen) atoms. The lowest BCUT2D eigenvalue weighted by molar-refractivity contribution is 0.0318. The van der Waals surface area contributed by atoms with Gasteiger partial charge in [-0.25, -0.2) is 17.9 Å². The number of carbonyl (C=O) groups is 2. The topological polar surface area (TPSA) is 89.5 Å². The number of ketones is 1. The van der Waals surface area contributed by atoms with Crippen LogP contribution in [0.1, 0.15) is 40.5 Å². The van der Waals surface area contributed by atoms with Gasteiger partial charge < -0.3 is 4.74 Å². The quantitative estimate of drug-likeness (QED) is 0.562. The molecule has 0 radical (unpaired) electrons. The summed E-state index contributed by atoms with van der Waals surface area (Å²) in [5.41, 5.74) is 0.425. The van der Waals surface area contributed by atoms with Crippen LogP contribution in [-0.4, -0.2) is 32.3 Å². The number of hydrogen-bond donors (Lipinski definition) is 1. The van der Waals surface area contributed by atoms with E-state index in [1.807, 2.05) is 0 Å². The molecule has 0 bridgehead atoms. The van der Waals surface area contributed by atoms with Crippen LogP contribution in [-0.2, 0) is 14.8 Å². The highest BCUT2D eigenvalue weighted by Gasteiger charge is 2.28. The number of ether oxygens (including phenoxy) is 1. The summed E-state index contributed by atoms with van der Waals surface area (Å²) in [6.45, 7) is 1.46. The molecule has 1 aliphatic carbocycles. The zero-order valence-corrected chi connectivity index (χ0v) is 16.1. The van der Waals surface area contributed by atoms with Crippen LogP contribution in [0.5, 0.6) is 0 Å². The molecule has 2 aromatic rings. The average Bonchev–Trinajstić information content (AvgIpc) is 3.45. The highest BCUT2D eigenvalue weighted by molar-refractivity contribution is 7.89. The third-order valence-electron chi connectivity index (χ3n) is 4.06. The first-order valence-corrected chi connectivity index (χ1v) is 10.3. The summed E-state index contributed by atoms with van der Waals surface area (Å²) in [5.74, 6) is -1.15. The minimum Gasteiger partial charge on any atom is -0.451 e. The molecule has 0 aliphatic heterocycles. The molecule has 0 saturated heterocycles. The van der Waals surface area contributed by atoms with Crippen LogP contribution in [0.15, 0.2) is 53.4 Å². The summed E-state index contributed by atoms with van der Waals surface area (Å²) in [4.78, 5) is 24.7. The molecular weight excluding hydrogens is 390 g/mol. The van der Waals surface area contributed by atoms with E-state index in [0.29, 0.717) is 10.6 Å². The van der Waals surface area contributed by atoms with Crippen molar-refractivity contribution in [3.8, 4) is 0 Å². The van der Waals surface area contributed by atoms with Gasteiger partial charge in [0.2, 0.25) is 15.8 Å². The standard InChI is InChI=1S/C19H18ClNO5S/c1-12(18(22)13-5-7-15(20)8-6-13)26-19(23)14-3-2-4-17(11-14)27(24,25)21-16-9-10-16/h2-8,11-12,16,21H,9-10H2,1H3. The molecule has 1 atom stereocenters. The van der Waals surface area contributed by atoms with E-state index < -0.39 is 22.1 Å². The minimum atomic E-state index is -3.68. The first kappa shape index (κ1) is 19.5. The van der Waals surface area contributed by atoms with E-state index in [0.717, 1.165) is 12.8 Å². The molecule has 6 nitrogen and oxygen atoms in total. The number of nitrogens with one attached hydrogen (secondary N) is 1. The van der Waals surface area contributed by atoms with Gasteiger partial charge in [0, 0.05) is 16.6 Å². The van der Waals surface area contributed by atoms with Crippen LogP contribution in [0.4, 0.5) is 0 Å². The van der Waals surface area contributed by atoms with Gasteiger partial charge in [0.05, 0.1) is 10.5 Å². The molecule has 0 aromatic heterocycles. The Bertz CT molecular complexity index is 968. The molecule has 8 heteroatoms. The van der Waals surface area contributed by atoms with E-state index in [4.69, 9.17) is 16.3 Å². The Morgan fingerprint density at radius 1 is 1.11 bits per heavy atom. The van der Waals surface area contributed by atoms with Gasteiger partial charge in [-0.3, -0.25) is 4.79 Å². The molecule has 0 amide bonds. The van der Waals surface area contributed by atoms with Crippen LogP contribution in [0.3, 0.4) is 0 Å². The number of esters is 1. The molecule has 1 saturated carbocycles. The number of hydrogen-bond acceptors (Lipinski definition) is 5. The SMILES string of the molecule is CC(OC(=O)c1cccc(S(=O)(=O)NC2CC2)c1)C(=O)c1ccc(Cl)cc1. The number of halogens is 1. The second-order valence-corrected chi connectivity index (χ2v) is 8.49. The Hall–Kier alpha value is -2.22. The first-order chi connectivity index (χ1) is 12.8. The molecule has 1 fully saturated rings. The summed E-state index contributed by atoms with van der Waals surface area (Å²) in [6, 6.07) is 11.8. The number of rotatable bonds is 7. The summed E-state index contributed by atoms with van der Waals surface area (Å²) in [6.07, 6.45) is 0.597. The molecule has 3 rings (SSSR count). The lowest BCUT2D eigenvalue weighted by Gasteiger charge is -2.13. The molecule has 2 aromatic carbocycles. The van der Waals surface area contributed by atoms with Crippen LogP contribution >= 0.6 is 11.6 Å². The van der Waals surface area contributed by atoms with E-state index in [1.54, 1.807) is 24.3 Å². The summed E-state index contributed by atoms with van der Waals surface area (Å²) in [7, 11) is -3.68. The van der Waals surface area contributed by atoms with Gasteiger partial charge in [-0.1, -0.05) is 17.7 Å². The fourth-order valence-corrected chi connectivity index (χ4v) is 3.89. The third kappa shape index (κ3) is 4.94.